The van der Waals surface area contributed by atoms with E-state index in [2.05, 4.69) is 0 Å². The maximum absolute atomic E-state index is 13.3. The van der Waals surface area contributed by atoms with Crippen molar-refractivity contribution in [2.24, 2.45) is 5.73 Å². The van der Waals surface area contributed by atoms with E-state index in [9.17, 15) is 14.4 Å². The molecule has 0 aromatic heterocycles. The van der Waals surface area contributed by atoms with Crippen LogP contribution in [-0.4, -0.2) is 49.0 Å². The summed E-state index contributed by atoms with van der Waals surface area (Å²) in [5.41, 5.74) is 7.92. The number of carbonyl (C=O) groups excluding carboxylic acids is 3. The third kappa shape index (κ3) is 5.97. The molecule has 8 nitrogen and oxygen atoms in total. The molecule has 180 valence electrons. The lowest BCUT2D eigenvalue weighted by Gasteiger charge is -2.36. The molecule has 1 fully saturated rings. The van der Waals surface area contributed by atoms with Crippen LogP contribution in [0.25, 0.3) is 0 Å². The molecule has 0 aliphatic carbocycles. The molecule has 0 atom stereocenters. The van der Waals surface area contributed by atoms with E-state index in [0.29, 0.717) is 31.9 Å². The van der Waals surface area contributed by atoms with Crippen molar-refractivity contribution in [2.45, 2.75) is 13.2 Å². The van der Waals surface area contributed by atoms with Gasteiger partial charge in [-0.2, -0.15) is 0 Å². The minimum atomic E-state index is -0.617. The molecule has 2 N–H and O–H groups in total. The topological polar surface area (TPSA) is 102 Å². The van der Waals surface area contributed by atoms with Crippen LogP contribution in [0.5, 0.6) is 0 Å². The van der Waals surface area contributed by atoms with Gasteiger partial charge in [0.1, 0.15) is 13.2 Å². The fourth-order valence-corrected chi connectivity index (χ4v) is 3.95. The lowest BCUT2D eigenvalue weighted by Crippen LogP contribution is -2.50. The van der Waals surface area contributed by atoms with E-state index in [4.69, 9.17) is 15.2 Å². The Morgan fingerprint density at radius 3 is 1.77 bits per heavy atom. The molecule has 2 amide bonds. The number of anilines is 1. The fourth-order valence-electron chi connectivity index (χ4n) is 3.95. The van der Waals surface area contributed by atoms with Gasteiger partial charge in [-0.15, -0.1) is 0 Å². The van der Waals surface area contributed by atoms with Crippen LogP contribution >= 0.6 is 0 Å². The Kier molecular flexibility index (Phi) is 7.62. The van der Waals surface area contributed by atoms with Crippen molar-refractivity contribution in [1.29, 1.82) is 0 Å². The number of hydrogen-bond acceptors (Lipinski definition) is 6. The van der Waals surface area contributed by atoms with Crippen molar-refractivity contribution in [3.63, 3.8) is 0 Å². The molecule has 0 unspecified atom stereocenters. The van der Waals surface area contributed by atoms with Crippen LogP contribution in [0, 0.1) is 0 Å². The summed E-state index contributed by atoms with van der Waals surface area (Å²) in [6.45, 7) is 1.91. The number of nitrogens with two attached hydrogens (primary N) is 1. The number of ether oxygens (including phenoxy) is 2. The van der Waals surface area contributed by atoms with Gasteiger partial charge in [0, 0.05) is 26.2 Å². The molecule has 1 aliphatic rings. The maximum Gasteiger partial charge on any atom is 0.341 e. The minimum absolute atomic E-state index is 0.0714. The van der Waals surface area contributed by atoms with Crippen molar-refractivity contribution >= 4 is 23.7 Å². The van der Waals surface area contributed by atoms with Crippen LogP contribution in [0.3, 0.4) is 0 Å². The van der Waals surface area contributed by atoms with E-state index in [1.54, 1.807) is 23.1 Å². The second-order valence-corrected chi connectivity index (χ2v) is 8.14. The molecule has 0 radical (unpaired) electrons. The molecule has 0 bridgehead atoms. The fraction of sp³-hybridized carbons (Fsp3) is 0.222. The number of urea groups is 1. The number of carbonyl (C=O) groups is 3. The highest BCUT2D eigenvalue weighted by atomic mass is 16.5. The van der Waals surface area contributed by atoms with Crippen molar-refractivity contribution in [3.8, 4) is 0 Å². The van der Waals surface area contributed by atoms with Gasteiger partial charge < -0.3 is 25.0 Å². The number of rotatable bonds is 7. The van der Waals surface area contributed by atoms with Gasteiger partial charge in [0.2, 0.25) is 0 Å². The molecule has 3 aromatic rings. The van der Waals surface area contributed by atoms with Gasteiger partial charge in [0.25, 0.3) is 0 Å². The third-order valence-corrected chi connectivity index (χ3v) is 5.82. The summed E-state index contributed by atoms with van der Waals surface area (Å²) in [6, 6.07) is 23.2. The minimum Gasteiger partial charge on any atom is -0.457 e. The summed E-state index contributed by atoms with van der Waals surface area (Å²) in [4.78, 5) is 41.4. The van der Waals surface area contributed by atoms with Crippen LogP contribution in [0.4, 0.5) is 10.5 Å². The SMILES string of the molecule is NC(=O)N1CCN(c2cccc(C(=O)OCc3ccccc3)c2C(=O)OCc2ccccc2)CC1. The first-order valence-electron chi connectivity index (χ1n) is 11.4. The molecule has 8 heteroatoms. The van der Waals surface area contributed by atoms with Gasteiger partial charge in [-0.25, -0.2) is 14.4 Å². The molecule has 1 aliphatic heterocycles. The second-order valence-electron chi connectivity index (χ2n) is 8.14. The Labute approximate surface area is 203 Å². The third-order valence-electron chi connectivity index (χ3n) is 5.82. The van der Waals surface area contributed by atoms with Gasteiger partial charge in [0.05, 0.1) is 16.8 Å². The highest BCUT2D eigenvalue weighted by Crippen LogP contribution is 2.28. The summed E-state index contributed by atoms with van der Waals surface area (Å²) in [5, 5.41) is 0. The summed E-state index contributed by atoms with van der Waals surface area (Å²) in [7, 11) is 0. The van der Waals surface area contributed by atoms with Gasteiger partial charge in [-0.05, 0) is 23.3 Å². The van der Waals surface area contributed by atoms with E-state index in [-0.39, 0.29) is 24.3 Å². The van der Waals surface area contributed by atoms with E-state index in [1.165, 1.54) is 0 Å². The van der Waals surface area contributed by atoms with Crippen LogP contribution in [-0.2, 0) is 22.7 Å². The molecule has 1 heterocycles. The number of benzene rings is 3. The summed E-state index contributed by atoms with van der Waals surface area (Å²) in [5.74, 6) is -1.23. The molecule has 0 saturated carbocycles. The predicted molar refractivity (Wildman–Crippen MR) is 131 cm³/mol. The standard InChI is InChI=1S/C27H27N3O5/c28-27(33)30-16-14-29(15-17-30)23-13-7-12-22(25(31)34-18-20-8-3-1-4-9-20)24(23)26(32)35-19-21-10-5-2-6-11-21/h1-13H,14-19H2,(H2,28,33). The van der Waals surface area contributed by atoms with Crippen LogP contribution in [0.2, 0.25) is 0 Å². The van der Waals surface area contributed by atoms with Crippen molar-refractivity contribution in [3.05, 3.63) is 101 Å². The smallest absolute Gasteiger partial charge is 0.341 e. The molecule has 35 heavy (non-hydrogen) atoms. The second kappa shape index (κ2) is 11.2. The summed E-state index contributed by atoms with van der Waals surface area (Å²) in [6.07, 6.45) is 0. The molecule has 3 aromatic carbocycles. The van der Waals surface area contributed by atoms with Crippen LogP contribution in [0.15, 0.2) is 78.9 Å². The monoisotopic (exact) mass is 473 g/mol. The Morgan fingerprint density at radius 1 is 0.686 bits per heavy atom. The summed E-state index contributed by atoms with van der Waals surface area (Å²) < 4.78 is 11.1. The Balaban J connectivity index is 1.59. The lowest BCUT2D eigenvalue weighted by molar-refractivity contribution is 0.0426. The van der Waals surface area contributed by atoms with Gasteiger partial charge in [-0.1, -0.05) is 66.7 Å². The normalized spacial score (nSPS) is 13.3. The lowest BCUT2D eigenvalue weighted by atomic mass is 10.0. The maximum atomic E-state index is 13.3. The van der Waals surface area contributed by atoms with Gasteiger partial charge in [-0.3, -0.25) is 0 Å². The van der Waals surface area contributed by atoms with Gasteiger partial charge >= 0.3 is 18.0 Å². The number of piperazine rings is 1. The number of esters is 2. The molecular weight excluding hydrogens is 446 g/mol. The first kappa shape index (κ1) is 23.8. The van der Waals surface area contributed by atoms with E-state index in [0.717, 1.165) is 11.1 Å². The molecule has 1 saturated heterocycles. The van der Waals surface area contributed by atoms with Crippen molar-refractivity contribution < 1.29 is 23.9 Å². The Morgan fingerprint density at radius 2 is 1.23 bits per heavy atom. The van der Waals surface area contributed by atoms with Crippen molar-refractivity contribution in [2.75, 3.05) is 31.1 Å². The van der Waals surface area contributed by atoms with Crippen molar-refractivity contribution in [1.82, 2.24) is 4.90 Å². The average molecular weight is 474 g/mol. The quantitative estimate of drug-likeness (QED) is 0.526. The first-order valence-corrected chi connectivity index (χ1v) is 11.4. The zero-order valence-electron chi connectivity index (χ0n) is 19.3. The van der Waals surface area contributed by atoms with E-state index < -0.39 is 18.0 Å². The average Bonchev–Trinajstić information content (AvgIpc) is 2.91. The summed E-state index contributed by atoms with van der Waals surface area (Å²) >= 11 is 0. The predicted octanol–water partition coefficient (Wildman–Crippen LogP) is 3.60. The molecular formula is C27H27N3O5. The van der Waals surface area contributed by atoms with Crippen LogP contribution in [0.1, 0.15) is 31.8 Å². The highest BCUT2D eigenvalue weighted by molar-refractivity contribution is 6.07. The molecule has 0 spiro atoms. The Hall–Kier alpha value is -4.33. The molecule has 4 rings (SSSR count). The van der Waals surface area contributed by atoms with E-state index in [1.807, 2.05) is 65.6 Å². The number of nitrogens with zero attached hydrogens (tertiary/aromatic N) is 2. The van der Waals surface area contributed by atoms with Gasteiger partial charge in [0.15, 0.2) is 0 Å². The Bertz CT molecular complexity index is 1180. The number of primary amides is 1. The zero-order valence-corrected chi connectivity index (χ0v) is 19.3. The number of amides is 2. The van der Waals surface area contributed by atoms with Crippen LogP contribution < -0.4 is 10.6 Å². The zero-order chi connectivity index (χ0) is 24.6. The number of hydrogen-bond donors (Lipinski definition) is 1. The van der Waals surface area contributed by atoms with E-state index >= 15 is 0 Å². The first-order chi connectivity index (χ1) is 17.0. The highest BCUT2D eigenvalue weighted by Gasteiger charge is 2.28. The largest absolute Gasteiger partial charge is 0.457 e.